The van der Waals surface area contributed by atoms with Gasteiger partial charge >= 0.3 is 0 Å². The molecule has 1 atom stereocenters. The highest BCUT2D eigenvalue weighted by Crippen LogP contribution is 2.32. The Hall–Kier alpha value is -2.83. The number of allylic oxidation sites excluding steroid dienone is 1. The quantitative estimate of drug-likeness (QED) is 0.500. The lowest BCUT2D eigenvalue weighted by Gasteiger charge is -2.27. The van der Waals surface area contributed by atoms with Gasteiger partial charge in [0.2, 0.25) is 0 Å². The van der Waals surface area contributed by atoms with E-state index in [1.807, 2.05) is 41.0 Å². The van der Waals surface area contributed by atoms with E-state index in [1.54, 1.807) is 11.8 Å². The number of nitrogens with two attached hydrogens (primary N) is 1. The third kappa shape index (κ3) is 4.38. The first-order chi connectivity index (χ1) is 15.5. The number of thioether (sulfide) groups is 1. The van der Waals surface area contributed by atoms with Gasteiger partial charge in [-0.05, 0) is 47.9 Å². The van der Waals surface area contributed by atoms with Crippen LogP contribution in [0.1, 0.15) is 32.6 Å². The summed E-state index contributed by atoms with van der Waals surface area (Å²) in [5.41, 5.74) is 13.8. The molecule has 0 bridgehead atoms. The van der Waals surface area contributed by atoms with Crippen LogP contribution in [-0.4, -0.2) is 39.4 Å². The topological polar surface area (TPSA) is 64.2 Å². The van der Waals surface area contributed by atoms with Crippen LogP contribution in [0.5, 0.6) is 0 Å². The molecule has 4 rings (SSSR count). The molecule has 1 aliphatic rings. The average molecular weight is 447 g/mol. The number of carbonyl (C=O) groups excluding carboxylic acids is 1. The highest BCUT2D eigenvalue weighted by atomic mass is 32.2. The van der Waals surface area contributed by atoms with Crippen molar-refractivity contribution in [3.63, 3.8) is 0 Å². The molecule has 1 aromatic heterocycles. The maximum Gasteiger partial charge on any atom is 0.254 e. The molecule has 2 heterocycles. The number of aryl methyl sites for hydroxylation is 1. The fourth-order valence-corrected chi connectivity index (χ4v) is 5.07. The van der Waals surface area contributed by atoms with E-state index in [4.69, 9.17) is 5.73 Å². The summed E-state index contributed by atoms with van der Waals surface area (Å²) in [6, 6.07) is 14.6. The predicted octanol–water partition coefficient (Wildman–Crippen LogP) is 4.20. The van der Waals surface area contributed by atoms with Crippen LogP contribution in [0.4, 0.5) is 0 Å². The lowest BCUT2D eigenvalue weighted by molar-refractivity contribution is 0.0708. The molecule has 32 heavy (non-hydrogen) atoms. The standard InChI is InChI=1S/C26H30N4OS/c1-4-6-18-7-5-8-19(11-18)12-23(14-27)30-16-21-13-20(9-10-24(21)26(30)31)25-22(17-32-3)15-28-29(25)2/h4-5,7-11,13,15,23H,1,6,12,14,16-17,27H2,2-3H3. The zero-order valence-corrected chi connectivity index (χ0v) is 19.6. The Morgan fingerprint density at radius 3 is 2.81 bits per heavy atom. The molecule has 5 nitrogen and oxygen atoms in total. The van der Waals surface area contributed by atoms with Gasteiger partial charge < -0.3 is 10.6 Å². The summed E-state index contributed by atoms with van der Waals surface area (Å²) in [6.45, 7) is 4.84. The van der Waals surface area contributed by atoms with Gasteiger partial charge in [-0.2, -0.15) is 16.9 Å². The van der Waals surface area contributed by atoms with Gasteiger partial charge in [-0.25, -0.2) is 0 Å². The van der Waals surface area contributed by atoms with Crippen LogP contribution in [0.25, 0.3) is 11.3 Å². The fraction of sp³-hybridized carbons (Fsp3) is 0.308. The second-order valence-electron chi connectivity index (χ2n) is 8.29. The summed E-state index contributed by atoms with van der Waals surface area (Å²) in [4.78, 5) is 15.2. The van der Waals surface area contributed by atoms with Crippen molar-refractivity contribution in [2.45, 2.75) is 31.2 Å². The molecule has 2 N–H and O–H groups in total. The van der Waals surface area contributed by atoms with Gasteiger partial charge in [0, 0.05) is 48.6 Å². The highest BCUT2D eigenvalue weighted by Gasteiger charge is 2.32. The molecule has 0 fully saturated rings. The summed E-state index contributed by atoms with van der Waals surface area (Å²) >= 11 is 1.78. The Morgan fingerprint density at radius 1 is 1.25 bits per heavy atom. The van der Waals surface area contributed by atoms with Crippen LogP contribution in [-0.2, 0) is 32.2 Å². The molecule has 0 aliphatic carbocycles. The molecule has 1 amide bonds. The summed E-state index contributed by atoms with van der Waals surface area (Å²) in [5.74, 6) is 0.976. The molecule has 166 valence electrons. The lowest BCUT2D eigenvalue weighted by Crippen LogP contribution is -2.42. The van der Waals surface area contributed by atoms with Gasteiger partial charge in [-0.15, -0.1) is 6.58 Å². The first-order valence-corrected chi connectivity index (χ1v) is 12.3. The minimum atomic E-state index is -0.0407. The molecular formula is C26H30N4OS. The van der Waals surface area contributed by atoms with Crippen LogP contribution in [0.15, 0.2) is 61.3 Å². The second-order valence-corrected chi connectivity index (χ2v) is 9.15. The molecular weight excluding hydrogens is 416 g/mol. The number of hydrogen-bond donors (Lipinski definition) is 1. The maximum atomic E-state index is 13.2. The van der Waals surface area contributed by atoms with E-state index < -0.39 is 0 Å². The van der Waals surface area contributed by atoms with Crippen LogP contribution >= 0.6 is 11.8 Å². The Balaban J connectivity index is 1.58. The van der Waals surface area contributed by atoms with E-state index in [-0.39, 0.29) is 11.9 Å². The van der Waals surface area contributed by atoms with Crippen molar-refractivity contribution in [2.75, 3.05) is 12.8 Å². The Morgan fingerprint density at radius 2 is 2.06 bits per heavy atom. The summed E-state index contributed by atoms with van der Waals surface area (Å²) in [7, 11) is 1.97. The van der Waals surface area contributed by atoms with Crippen molar-refractivity contribution < 1.29 is 4.79 Å². The van der Waals surface area contributed by atoms with Crippen LogP contribution in [0.3, 0.4) is 0 Å². The second kappa shape index (κ2) is 9.76. The number of benzene rings is 2. The smallest absolute Gasteiger partial charge is 0.254 e. The number of hydrogen-bond acceptors (Lipinski definition) is 4. The van der Waals surface area contributed by atoms with Crippen molar-refractivity contribution in [2.24, 2.45) is 12.8 Å². The SMILES string of the molecule is C=CCc1cccc(CC(CN)N2Cc3cc(-c4c(CSC)cnn4C)ccc3C2=O)c1. The maximum absolute atomic E-state index is 13.2. The summed E-state index contributed by atoms with van der Waals surface area (Å²) < 4.78 is 1.92. The monoisotopic (exact) mass is 446 g/mol. The van der Waals surface area contributed by atoms with Gasteiger partial charge in [-0.3, -0.25) is 9.48 Å². The van der Waals surface area contributed by atoms with Crippen molar-refractivity contribution >= 4 is 17.7 Å². The van der Waals surface area contributed by atoms with E-state index in [2.05, 4.69) is 48.3 Å². The van der Waals surface area contributed by atoms with Crippen molar-refractivity contribution in [1.29, 1.82) is 0 Å². The van der Waals surface area contributed by atoms with Gasteiger partial charge in [0.25, 0.3) is 5.91 Å². The molecule has 1 unspecified atom stereocenters. The molecule has 0 saturated heterocycles. The first-order valence-electron chi connectivity index (χ1n) is 10.9. The van der Waals surface area contributed by atoms with Crippen LogP contribution in [0, 0.1) is 0 Å². The van der Waals surface area contributed by atoms with Gasteiger partial charge in [0.05, 0.1) is 11.9 Å². The molecule has 3 aromatic rings. The summed E-state index contributed by atoms with van der Waals surface area (Å²) in [5, 5.41) is 4.45. The minimum absolute atomic E-state index is 0.0407. The number of rotatable bonds is 9. The Bertz CT molecular complexity index is 1140. The van der Waals surface area contributed by atoms with Gasteiger partial charge in [0.15, 0.2) is 0 Å². The first kappa shape index (κ1) is 22.4. The van der Waals surface area contributed by atoms with E-state index in [0.29, 0.717) is 13.1 Å². The predicted molar refractivity (Wildman–Crippen MR) is 133 cm³/mol. The number of nitrogens with zero attached hydrogens (tertiary/aromatic N) is 3. The van der Waals surface area contributed by atoms with Crippen molar-refractivity contribution in [3.8, 4) is 11.3 Å². The molecule has 0 spiro atoms. The summed E-state index contributed by atoms with van der Waals surface area (Å²) in [6.07, 6.45) is 7.51. The highest BCUT2D eigenvalue weighted by molar-refractivity contribution is 7.97. The number of fused-ring (bicyclic) bond motifs is 1. The Kier molecular flexibility index (Phi) is 6.82. The normalized spacial score (nSPS) is 14.0. The molecule has 6 heteroatoms. The van der Waals surface area contributed by atoms with Gasteiger partial charge in [-0.1, -0.05) is 36.4 Å². The Labute approximate surface area is 194 Å². The number of amides is 1. The average Bonchev–Trinajstić information content (AvgIpc) is 3.32. The van der Waals surface area contributed by atoms with E-state index in [0.717, 1.165) is 41.0 Å². The third-order valence-electron chi connectivity index (χ3n) is 6.08. The van der Waals surface area contributed by atoms with E-state index in [1.165, 1.54) is 16.7 Å². The van der Waals surface area contributed by atoms with Crippen LogP contribution in [0.2, 0.25) is 0 Å². The van der Waals surface area contributed by atoms with Crippen molar-refractivity contribution in [1.82, 2.24) is 14.7 Å². The number of aromatic nitrogens is 2. The molecule has 2 aromatic carbocycles. The number of carbonyl (C=O) groups is 1. The fourth-order valence-electron chi connectivity index (χ4n) is 4.54. The van der Waals surface area contributed by atoms with E-state index in [9.17, 15) is 4.79 Å². The zero-order valence-electron chi connectivity index (χ0n) is 18.8. The molecule has 0 saturated carbocycles. The van der Waals surface area contributed by atoms with Crippen LogP contribution < -0.4 is 5.73 Å². The third-order valence-corrected chi connectivity index (χ3v) is 6.68. The minimum Gasteiger partial charge on any atom is -0.330 e. The van der Waals surface area contributed by atoms with Gasteiger partial charge in [0.1, 0.15) is 0 Å². The molecule has 0 radical (unpaired) electrons. The van der Waals surface area contributed by atoms with E-state index >= 15 is 0 Å². The lowest BCUT2D eigenvalue weighted by atomic mass is 10.0. The van der Waals surface area contributed by atoms with Crippen molar-refractivity contribution in [3.05, 3.63) is 89.1 Å². The zero-order chi connectivity index (χ0) is 22.7. The molecule has 1 aliphatic heterocycles. The largest absolute Gasteiger partial charge is 0.330 e.